The van der Waals surface area contributed by atoms with E-state index < -0.39 is 10.0 Å². The lowest BCUT2D eigenvalue weighted by Gasteiger charge is -2.18. The monoisotopic (exact) mass is 548 g/mol. The number of sulfonamides is 1. The van der Waals surface area contributed by atoms with E-state index in [0.717, 1.165) is 17.1 Å². The molecule has 8 nitrogen and oxygen atoms in total. The summed E-state index contributed by atoms with van der Waals surface area (Å²) in [5, 5.41) is 11.6. The summed E-state index contributed by atoms with van der Waals surface area (Å²) < 4.78 is 34.1. The highest BCUT2D eigenvalue weighted by Crippen LogP contribution is 2.19. The minimum Gasteiger partial charge on any atom is -0.497 e. The van der Waals surface area contributed by atoms with Crippen molar-refractivity contribution in [3.05, 3.63) is 54.1 Å². The molecule has 0 aromatic heterocycles. The van der Waals surface area contributed by atoms with E-state index in [2.05, 4.69) is 15.6 Å². The van der Waals surface area contributed by atoms with Gasteiger partial charge in [-0.15, -0.1) is 24.0 Å². The lowest BCUT2D eigenvalue weighted by atomic mass is 10.2. The number of hydrogen-bond acceptors (Lipinski definition) is 5. The van der Waals surface area contributed by atoms with Gasteiger partial charge in [0.15, 0.2) is 5.96 Å². The van der Waals surface area contributed by atoms with Crippen LogP contribution in [0.15, 0.2) is 58.4 Å². The fraction of sp³-hybridized carbons (Fsp3) is 0.350. The molecule has 2 aromatic rings. The van der Waals surface area contributed by atoms with Crippen molar-refractivity contribution in [2.75, 3.05) is 20.2 Å². The van der Waals surface area contributed by atoms with Gasteiger partial charge in [0.1, 0.15) is 17.6 Å². The van der Waals surface area contributed by atoms with Crippen LogP contribution in [0.2, 0.25) is 0 Å². The zero-order valence-corrected chi connectivity index (χ0v) is 20.4. The predicted octanol–water partition coefficient (Wildman–Crippen LogP) is 2.48. The van der Waals surface area contributed by atoms with Gasteiger partial charge in [-0.3, -0.25) is 0 Å². The van der Waals surface area contributed by atoms with Crippen LogP contribution < -0.4 is 25.2 Å². The molecule has 0 aliphatic carbocycles. The molecular weight excluding hydrogens is 519 g/mol. The lowest BCUT2D eigenvalue weighted by molar-refractivity contribution is 0.223. The van der Waals surface area contributed by atoms with Crippen molar-refractivity contribution in [3.8, 4) is 11.5 Å². The van der Waals surface area contributed by atoms with Crippen LogP contribution >= 0.6 is 24.0 Å². The Labute approximate surface area is 195 Å². The standard InChI is InChI=1S/C20H28N4O4S.HI/c1-4-22-20(24-14-16-7-5-10-19(11-16)29(21,25)26)23-13-15(2)28-18-9-6-8-17(12-18)27-3;/h5-12,15H,4,13-14H2,1-3H3,(H2,21,25,26)(H2,22,23,24);1H. The van der Waals surface area contributed by atoms with Gasteiger partial charge in [0.2, 0.25) is 10.0 Å². The number of benzene rings is 2. The zero-order valence-electron chi connectivity index (χ0n) is 17.3. The topological polar surface area (TPSA) is 115 Å². The average molecular weight is 548 g/mol. The van der Waals surface area contributed by atoms with Crippen LogP contribution in [-0.4, -0.2) is 40.7 Å². The zero-order chi connectivity index (χ0) is 21.3. The Bertz CT molecular complexity index is 938. The first-order valence-corrected chi connectivity index (χ1v) is 10.8. The summed E-state index contributed by atoms with van der Waals surface area (Å²) in [5.41, 5.74) is 0.745. The van der Waals surface area contributed by atoms with Gasteiger partial charge >= 0.3 is 0 Å². The van der Waals surface area contributed by atoms with Crippen molar-refractivity contribution in [3.63, 3.8) is 0 Å². The number of methoxy groups -OCH3 is 1. The summed E-state index contributed by atoms with van der Waals surface area (Å²) in [5.74, 6) is 2.06. The SMILES string of the molecule is CCNC(=NCc1cccc(S(N)(=O)=O)c1)NCC(C)Oc1cccc(OC)c1.I. The minimum absolute atomic E-state index is 0. The molecule has 4 N–H and O–H groups in total. The summed E-state index contributed by atoms with van der Waals surface area (Å²) in [6, 6.07) is 13.9. The van der Waals surface area contributed by atoms with Gasteiger partial charge in [0, 0.05) is 12.6 Å². The molecule has 0 saturated heterocycles. The van der Waals surface area contributed by atoms with Crippen LogP contribution in [-0.2, 0) is 16.6 Å². The molecule has 0 radical (unpaired) electrons. The van der Waals surface area contributed by atoms with E-state index in [4.69, 9.17) is 14.6 Å². The first-order chi connectivity index (χ1) is 13.8. The molecule has 0 aliphatic heterocycles. The first-order valence-electron chi connectivity index (χ1n) is 9.26. The molecule has 0 spiro atoms. The Balaban J connectivity index is 0.00000450. The maximum Gasteiger partial charge on any atom is 0.238 e. The largest absolute Gasteiger partial charge is 0.497 e. The van der Waals surface area contributed by atoms with Crippen LogP contribution in [0, 0.1) is 0 Å². The smallest absolute Gasteiger partial charge is 0.238 e. The Morgan fingerprint density at radius 2 is 1.83 bits per heavy atom. The van der Waals surface area contributed by atoms with E-state index in [-0.39, 0.29) is 35.0 Å². The number of primary sulfonamides is 1. The molecule has 0 fully saturated rings. The quantitative estimate of drug-likeness (QED) is 0.252. The highest BCUT2D eigenvalue weighted by Gasteiger charge is 2.09. The Kier molecular flexibility index (Phi) is 10.9. The molecule has 2 rings (SSSR count). The molecule has 0 amide bonds. The lowest BCUT2D eigenvalue weighted by Crippen LogP contribution is -2.41. The van der Waals surface area contributed by atoms with Crippen molar-refractivity contribution < 1.29 is 17.9 Å². The maximum absolute atomic E-state index is 11.5. The van der Waals surface area contributed by atoms with E-state index >= 15 is 0 Å². The van der Waals surface area contributed by atoms with Crippen molar-refractivity contribution in [1.29, 1.82) is 0 Å². The van der Waals surface area contributed by atoms with Gasteiger partial charge in [-0.25, -0.2) is 18.5 Å². The van der Waals surface area contributed by atoms with Crippen molar-refractivity contribution in [2.45, 2.75) is 31.4 Å². The number of hydrogen-bond donors (Lipinski definition) is 3. The molecular formula is C20H29IN4O4S. The normalized spacial score (nSPS) is 12.5. The van der Waals surface area contributed by atoms with Crippen LogP contribution in [0.1, 0.15) is 19.4 Å². The Morgan fingerprint density at radius 1 is 1.13 bits per heavy atom. The average Bonchev–Trinajstić information content (AvgIpc) is 2.70. The second kappa shape index (κ2) is 12.6. The third-order valence-corrected chi connectivity index (χ3v) is 4.84. The van der Waals surface area contributed by atoms with E-state index in [1.165, 1.54) is 12.1 Å². The molecule has 0 bridgehead atoms. The number of guanidine groups is 1. The number of ether oxygens (including phenoxy) is 2. The van der Waals surface area contributed by atoms with Gasteiger partial charge in [0.05, 0.1) is 25.1 Å². The molecule has 0 aliphatic rings. The summed E-state index contributed by atoms with van der Waals surface area (Å²) in [7, 11) is -2.12. The summed E-state index contributed by atoms with van der Waals surface area (Å²) >= 11 is 0. The van der Waals surface area contributed by atoms with Crippen LogP contribution in [0.5, 0.6) is 11.5 Å². The van der Waals surface area contributed by atoms with Crippen LogP contribution in [0.25, 0.3) is 0 Å². The molecule has 2 aromatic carbocycles. The third kappa shape index (κ3) is 8.76. The summed E-state index contributed by atoms with van der Waals surface area (Å²) in [4.78, 5) is 4.57. The number of aliphatic imine (C=N–C) groups is 1. The van der Waals surface area contributed by atoms with E-state index in [1.807, 2.05) is 38.1 Å². The molecule has 0 saturated carbocycles. The maximum atomic E-state index is 11.5. The number of nitrogens with one attached hydrogen (secondary N) is 2. The minimum atomic E-state index is -3.74. The molecule has 0 heterocycles. The van der Waals surface area contributed by atoms with Crippen molar-refractivity contribution >= 4 is 40.0 Å². The second-order valence-electron chi connectivity index (χ2n) is 6.38. The van der Waals surface area contributed by atoms with Crippen LogP contribution in [0.4, 0.5) is 0 Å². The second-order valence-corrected chi connectivity index (χ2v) is 7.94. The number of halogens is 1. The molecule has 30 heavy (non-hydrogen) atoms. The van der Waals surface area contributed by atoms with E-state index in [9.17, 15) is 8.42 Å². The van der Waals surface area contributed by atoms with Crippen molar-refractivity contribution in [2.24, 2.45) is 10.1 Å². The molecule has 10 heteroatoms. The summed E-state index contributed by atoms with van der Waals surface area (Å²) in [6.45, 7) is 5.44. The molecule has 1 unspecified atom stereocenters. The van der Waals surface area contributed by atoms with Gasteiger partial charge in [-0.1, -0.05) is 18.2 Å². The predicted molar refractivity (Wildman–Crippen MR) is 129 cm³/mol. The van der Waals surface area contributed by atoms with Crippen LogP contribution in [0.3, 0.4) is 0 Å². The van der Waals surface area contributed by atoms with Gasteiger partial charge in [-0.05, 0) is 43.7 Å². The number of rotatable bonds is 9. The Morgan fingerprint density at radius 3 is 2.50 bits per heavy atom. The molecule has 1 atom stereocenters. The highest BCUT2D eigenvalue weighted by molar-refractivity contribution is 14.0. The summed E-state index contributed by atoms with van der Waals surface area (Å²) in [6.07, 6.45) is -0.114. The first kappa shape index (κ1) is 26.0. The highest BCUT2D eigenvalue weighted by atomic mass is 127. The Hall–Kier alpha value is -2.05. The van der Waals surface area contributed by atoms with Crippen molar-refractivity contribution in [1.82, 2.24) is 10.6 Å². The number of nitrogens with two attached hydrogens (primary N) is 1. The van der Waals surface area contributed by atoms with Gasteiger partial charge < -0.3 is 20.1 Å². The van der Waals surface area contributed by atoms with E-state index in [0.29, 0.717) is 25.6 Å². The van der Waals surface area contributed by atoms with Gasteiger partial charge in [-0.2, -0.15) is 0 Å². The fourth-order valence-corrected chi connectivity index (χ4v) is 3.11. The van der Waals surface area contributed by atoms with Gasteiger partial charge in [0.25, 0.3) is 0 Å². The number of nitrogens with zero attached hydrogens (tertiary/aromatic N) is 1. The fourth-order valence-electron chi connectivity index (χ4n) is 2.52. The molecule has 166 valence electrons. The third-order valence-electron chi connectivity index (χ3n) is 3.93. The van der Waals surface area contributed by atoms with E-state index in [1.54, 1.807) is 19.2 Å².